The molecule has 0 amide bonds. The first-order valence-corrected chi connectivity index (χ1v) is 8.80. The molecule has 1 heterocycles. The number of hydrogen-bond acceptors (Lipinski definition) is 2. The van der Waals surface area contributed by atoms with Crippen LogP contribution in [0.25, 0.3) is 0 Å². The molecule has 1 aliphatic heterocycles. The van der Waals surface area contributed by atoms with Crippen LogP contribution in [0.15, 0.2) is 22.7 Å². The number of fused-ring (bicyclic) bond motifs is 1. The topological polar surface area (TPSA) is 29.3 Å². The third-order valence-corrected chi connectivity index (χ3v) is 5.58. The van der Waals surface area contributed by atoms with Crippen LogP contribution in [-0.2, 0) is 6.42 Å². The molecule has 20 heavy (non-hydrogen) atoms. The van der Waals surface area contributed by atoms with Gasteiger partial charge in [0.15, 0.2) is 0 Å². The number of hydrogen-bond donors (Lipinski definition) is 1. The number of nitrogens with two attached hydrogens (primary N) is 1. The molecule has 3 heteroatoms. The quantitative estimate of drug-likeness (QED) is 0.904. The van der Waals surface area contributed by atoms with Gasteiger partial charge < -0.3 is 10.6 Å². The van der Waals surface area contributed by atoms with Crippen molar-refractivity contribution in [2.45, 2.75) is 38.5 Å². The molecule has 1 aromatic rings. The van der Waals surface area contributed by atoms with Gasteiger partial charge in [0.25, 0.3) is 0 Å². The normalized spacial score (nSPS) is 26.4. The number of benzene rings is 1. The van der Waals surface area contributed by atoms with Crippen molar-refractivity contribution in [1.29, 1.82) is 0 Å². The highest BCUT2D eigenvalue weighted by molar-refractivity contribution is 9.10. The fraction of sp³-hybridized carbons (Fsp3) is 0.647. The van der Waals surface area contributed by atoms with E-state index in [0.717, 1.165) is 29.3 Å². The maximum absolute atomic E-state index is 5.78. The number of anilines is 1. The predicted octanol–water partition coefficient (Wildman–Crippen LogP) is 3.97. The van der Waals surface area contributed by atoms with Crippen LogP contribution in [0, 0.1) is 11.8 Å². The van der Waals surface area contributed by atoms with Gasteiger partial charge in [0, 0.05) is 23.2 Å². The Bertz CT molecular complexity index is 460. The summed E-state index contributed by atoms with van der Waals surface area (Å²) in [7, 11) is 0. The van der Waals surface area contributed by atoms with E-state index in [4.69, 9.17) is 5.73 Å². The van der Waals surface area contributed by atoms with Crippen LogP contribution in [-0.4, -0.2) is 19.6 Å². The van der Waals surface area contributed by atoms with E-state index in [1.807, 2.05) is 0 Å². The largest absolute Gasteiger partial charge is 0.371 e. The highest BCUT2D eigenvalue weighted by Crippen LogP contribution is 2.38. The molecule has 2 N–H and O–H groups in total. The SMILES string of the molecule is NCCc1cc(Br)ccc1N1CCC2CCCCC2C1. The van der Waals surface area contributed by atoms with Crippen molar-refractivity contribution >= 4 is 21.6 Å². The monoisotopic (exact) mass is 336 g/mol. The highest BCUT2D eigenvalue weighted by Gasteiger charge is 2.31. The van der Waals surface area contributed by atoms with Gasteiger partial charge in [-0.2, -0.15) is 0 Å². The van der Waals surface area contributed by atoms with Gasteiger partial charge >= 0.3 is 0 Å². The Kier molecular flexibility index (Phi) is 4.67. The molecule has 2 atom stereocenters. The van der Waals surface area contributed by atoms with E-state index in [0.29, 0.717) is 0 Å². The molecule has 1 saturated heterocycles. The number of halogens is 1. The maximum atomic E-state index is 5.78. The molecular formula is C17H25BrN2. The minimum absolute atomic E-state index is 0.726. The van der Waals surface area contributed by atoms with Crippen LogP contribution >= 0.6 is 15.9 Å². The van der Waals surface area contributed by atoms with E-state index < -0.39 is 0 Å². The first-order chi connectivity index (χ1) is 9.78. The van der Waals surface area contributed by atoms with Crippen molar-refractivity contribution in [3.05, 3.63) is 28.2 Å². The smallest absolute Gasteiger partial charge is 0.0400 e. The van der Waals surface area contributed by atoms with Gasteiger partial charge in [-0.3, -0.25) is 0 Å². The van der Waals surface area contributed by atoms with E-state index >= 15 is 0 Å². The Morgan fingerprint density at radius 3 is 2.75 bits per heavy atom. The molecule has 0 spiro atoms. The van der Waals surface area contributed by atoms with E-state index in [1.165, 1.54) is 56.4 Å². The molecule has 1 aliphatic carbocycles. The minimum atomic E-state index is 0.726. The number of rotatable bonds is 3. The molecule has 1 aromatic carbocycles. The molecule has 0 aromatic heterocycles. The molecular weight excluding hydrogens is 312 g/mol. The molecule has 1 saturated carbocycles. The van der Waals surface area contributed by atoms with Crippen molar-refractivity contribution in [2.24, 2.45) is 17.6 Å². The van der Waals surface area contributed by atoms with Crippen LogP contribution in [0.2, 0.25) is 0 Å². The summed E-state index contributed by atoms with van der Waals surface area (Å²) in [6, 6.07) is 6.69. The van der Waals surface area contributed by atoms with Gasteiger partial charge in [-0.05, 0) is 61.4 Å². The second kappa shape index (κ2) is 6.48. The lowest BCUT2D eigenvalue weighted by Gasteiger charge is -2.43. The van der Waals surface area contributed by atoms with Gasteiger partial charge in [0.1, 0.15) is 0 Å². The van der Waals surface area contributed by atoms with Crippen LogP contribution in [0.4, 0.5) is 5.69 Å². The Labute approximate surface area is 130 Å². The fourth-order valence-electron chi connectivity index (χ4n) is 4.04. The van der Waals surface area contributed by atoms with Crippen molar-refractivity contribution < 1.29 is 0 Å². The summed E-state index contributed by atoms with van der Waals surface area (Å²) in [6.45, 7) is 3.20. The molecule has 2 aliphatic rings. The predicted molar refractivity (Wildman–Crippen MR) is 89.2 cm³/mol. The zero-order chi connectivity index (χ0) is 13.9. The van der Waals surface area contributed by atoms with Gasteiger partial charge in [-0.25, -0.2) is 0 Å². The van der Waals surface area contributed by atoms with Gasteiger partial charge in [0.05, 0.1) is 0 Å². The van der Waals surface area contributed by atoms with E-state index in [9.17, 15) is 0 Å². The number of piperidine rings is 1. The zero-order valence-electron chi connectivity index (χ0n) is 12.2. The Morgan fingerprint density at radius 2 is 1.95 bits per heavy atom. The molecule has 2 unspecified atom stereocenters. The molecule has 0 radical (unpaired) electrons. The average molecular weight is 337 g/mol. The summed E-state index contributed by atoms with van der Waals surface area (Å²) in [5.74, 6) is 1.92. The summed E-state index contributed by atoms with van der Waals surface area (Å²) >= 11 is 3.59. The second-order valence-electron chi connectivity index (χ2n) is 6.35. The summed E-state index contributed by atoms with van der Waals surface area (Å²) in [5.41, 5.74) is 8.60. The van der Waals surface area contributed by atoms with Crippen molar-refractivity contribution in [2.75, 3.05) is 24.5 Å². The Hall–Kier alpha value is -0.540. The van der Waals surface area contributed by atoms with Crippen molar-refractivity contribution in [1.82, 2.24) is 0 Å². The lowest BCUT2D eigenvalue weighted by molar-refractivity contribution is 0.202. The molecule has 2 fully saturated rings. The van der Waals surface area contributed by atoms with Gasteiger partial charge in [-0.15, -0.1) is 0 Å². The second-order valence-corrected chi connectivity index (χ2v) is 7.27. The zero-order valence-corrected chi connectivity index (χ0v) is 13.7. The summed E-state index contributed by atoms with van der Waals surface area (Å²) in [5, 5.41) is 0. The van der Waals surface area contributed by atoms with E-state index in [1.54, 1.807) is 0 Å². The van der Waals surface area contributed by atoms with Crippen LogP contribution < -0.4 is 10.6 Å². The number of nitrogens with zero attached hydrogens (tertiary/aromatic N) is 1. The van der Waals surface area contributed by atoms with Crippen molar-refractivity contribution in [3.8, 4) is 0 Å². The average Bonchev–Trinajstić information content (AvgIpc) is 2.47. The first-order valence-electron chi connectivity index (χ1n) is 8.01. The fourth-order valence-corrected chi connectivity index (χ4v) is 4.45. The van der Waals surface area contributed by atoms with E-state index in [2.05, 4.69) is 39.0 Å². The van der Waals surface area contributed by atoms with Gasteiger partial charge in [-0.1, -0.05) is 35.2 Å². The Morgan fingerprint density at radius 1 is 1.15 bits per heavy atom. The van der Waals surface area contributed by atoms with E-state index in [-0.39, 0.29) is 0 Å². The third kappa shape index (κ3) is 3.04. The van der Waals surface area contributed by atoms with Crippen molar-refractivity contribution in [3.63, 3.8) is 0 Å². The molecule has 110 valence electrons. The standard InChI is InChI=1S/C17H25BrN2/c18-16-5-6-17(14(11-16)7-9-19)20-10-8-13-3-1-2-4-15(13)12-20/h5-6,11,13,15H,1-4,7-10,12,19H2. The van der Waals surface area contributed by atoms with Crippen LogP contribution in [0.3, 0.4) is 0 Å². The highest BCUT2D eigenvalue weighted by atomic mass is 79.9. The third-order valence-electron chi connectivity index (χ3n) is 5.09. The Balaban J connectivity index is 1.78. The molecule has 3 rings (SSSR count). The minimum Gasteiger partial charge on any atom is -0.371 e. The summed E-state index contributed by atoms with van der Waals surface area (Å²) in [6.07, 6.45) is 8.14. The lowest BCUT2D eigenvalue weighted by Crippen LogP contribution is -2.42. The lowest BCUT2D eigenvalue weighted by atomic mass is 9.75. The summed E-state index contributed by atoms with van der Waals surface area (Å²) in [4.78, 5) is 2.62. The molecule has 2 nitrogen and oxygen atoms in total. The van der Waals surface area contributed by atoms with Crippen LogP contribution in [0.5, 0.6) is 0 Å². The van der Waals surface area contributed by atoms with Crippen LogP contribution in [0.1, 0.15) is 37.7 Å². The van der Waals surface area contributed by atoms with Gasteiger partial charge in [0.2, 0.25) is 0 Å². The first kappa shape index (κ1) is 14.4. The summed E-state index contributed by atoms with van der Waals surface area (Å²) < 4.78 is 1.16. The maximum Gasteiger partial charge on any atom is 0.0400 e. The molecule has 0 bridgehead atoms.